The Balaban J connectivity index is 2.20. The third kappa shape index (κ3) is 3.61. The second-order valence-corrected chi connectivity index (χ2v) is 4.72. The van der Waals surface area contributed by atoms with Crippen LogP contribution in [0.4, 0.5) is 19.0 Å². The van der Waals surface area contributed by atoms with E-state index in [1.54, 1.807) is 6.92 Å². The molecule has 9 heteroatoms. The van der Waals surface area contributed by atoms with Crippen LogP contribution in [0.5, 0.6) is 0 Å². The molecule has 0 spiro atoms. The third-order valence-corrected chi connectivity index (χ3v) is 2.82. The van der Waals surface area contributed by atoms with E-state index in [1.165, 1.54) is 12.4 Å². The van der Waals surface area contributed by atoms with E-state index in [9.17, 15) is 18.0 Å². The van der Waals surface area contributed by atoms with Crippen LogP contribution in [0.25, 0.3) is 5.52 Å². The third-order valence-electron chi connectivity index (χ3n) is 2.82. The molecule has 114 valence electrons. The minimum absolute atomic E-state index is 0.0385. The van der Waals surface area contributed by atoms with Crippen molar-refractivity contribution < 1.29 is 23.1 Å². The van der Waals surface area contributed by atoms with Crippen molar-refractivity contribution in [3.63, 3.8) is 0 Å². The number of fused-ring (bicyclic) bond motifs is 1. The monoisotopic (exact) mass is 302 g/mol. The molecule has 6 nitrogen and oxygen atoms in total. The zero-order chi connectivity index (χ0) is 15.6. The number of nitrogens with one attached hydrogen (secondary N) is 1. The molecular formula is C12H13F3N4O2. The minimum Gasteiger partial charge on any atom is -0.481 e. The van der Waals surface area contributed by atoms with Gasteiger partial charge in [0.25, 0.3) is 0 Å². The first-order valence-corrected chi connectivity index (χ1v) is 6.14. The maximum absolute atomic E-state index is 12.6. The Kier molecular flexibility index (Phi) is 4.01. The van der Waals surface area contributed by atoms with Crippen LogP contribution in [-0.2, 0) is 11.0 Å². The zero-order valence-corrected chi connectivity index (χ0v) is 11.1. The van der Waals surface area contributed by atoms with Gasteiger partial charge in [0.15, 0.2) is 11.5 Å². The van der Waals surface area contributed by atoms with Crippen molar-refractivity contribution in [3.05, 3.63) is 24.2 Å². The summed E-state index contributed by atoms with van der Waals surface area (Å²) in [5, 5.41) is 15.0. The van der Waals surface area contributed by atoms with Crippen LogP contribution in [0.2, 0.25) is 0 Å². The molecule has 0 aromatic carbocycles. The van der Waals surface area contributed by atoms with Gasteiger partial charge in [-0.25, -0.2) is 9.50 Å². The molecule has 21 heavy (non-hydrogen) atoms. The van der Waals surface area contributed by atoms with Crippen molar-refractivity contribution in [1.29, 1.82) is 0 Å². The van der Waals surface area contributed by atoms with Crippen molar-refractivity contribution in [3.8, 4) is 0 Å². The second kappa shape index (κ2) is 5.58. The topological polar surface area (TPSA) is 79.5 Å². The number of anilines is 1. The van der Waals surface area contributed by atoms with E-state index < -0.39 is 17.8 Å². The molecule has 2 rings (SSSR count). The molecule has 1 atom stereocenters. The smallest absolute Gasteiger partial charge is 0.435 e. The van der Waals surface area contributed by atoms with Crippen LogP contribution in [-0.4, -0.2) is 32.2 Å². The molecule has 1 unspecified atom stereocenters. The molecule has 2 aromatic rings. The summed E-state index contributed by atoms with van der Waals surface area (Å²) in [4.78, 5) is 14.5. The highest BCUT2D eigenvalue weighted by atomic mass is 19.4. The van der Waals surface area contributed by atoms with Crippen molar-refractivity contribution in [2.24, 2.45) is 5.92 Å². The van der Waals surface area contributed by atoms with Crippen molar-refractivity contribution in [2.75, 3.05) is 11.9 Å². The molecule has 0 saturated heterocycles. The first-order valence-electron chi connectivity index (χ1n) is 6.14. The first kappa shape index (κ1) is 15.1. The lowest BCUT2D eigenvalue weighted by atomic mass is 10.1. The predicted octanol–water partition coefficient (Wildman–Crippen LogP) is 2.27. The van der Waals surface area contributed by atoms with E-state index in [2.05, 4.69) is 15.4 Å². The highest BCUT2D eigenvalue weighted by molar-refractivity contribution is 5.69. The fourth-order valence-corrected chi connectivity index (χ4v) is 1.84. The number of carbonyl (C=O) groups is 1. The largest absolute Gasteiger partial charge is 0.481 e. The summed E-state index contributed by atoms with van der Waals surface area (Å²) < 4.78 is 39.0. The predicted molar refractivity (Wildman–Crippen MR) is 67.9 cm³/mol. The summed E-state index contributed by atoms with van der Waals surface area (Å²) >= 11 is 0. The van der Waals surface area contributed by atoms with Crippen molar-refractivity contribution in [2.45, 2.75) is 19.5 Å². The molecule has 2 aromatic heterocycles. The van der Waals surface area contributed by atoms with Crippen LogP contribution >= 0.6 is 0 Å². The molecule has 0 fully saturated rings. The maximum atomic E-state index is 12.6. The van der Waals surface area contributed by atoms with E-state index in [-0.39, 0.29) is 30.2 Å². The summed E-state index contributed by atoms with van der Waals surface area (Å²) in [7, 11) is 0. The number of carboxylic acids is 1. The van der Waals surface area contributed by atoms with E-state index in [1.807, 2.05) is 0 Å². The number of hydrogen-bond acceptors (Lipinski definition) is 4. The summed E-state index contributed by atoms with van der Waals surface area (Å²) in [6.45, 7) is 2.00. The van der Waals surface area contributed by atoms with Gasteiger partial charge in [-0.2, -0.15) is 18.3 Å². The van der Waals surface area contributed by atoms with Gasteiger partial charge in [0.2, 0.25) is 0 Å². The SMILES string of the molecule is CC(CNc1nccn2nc(C(F)(F)F)cc12)CC(=O)O. The number of carboxylic acid groups (broad SMARTS) is 1. The van der Waals surface area contributed by atoms with Crippen LogP contribution in [0.3, 0.4) is 0 Å². The van der Waals surface area contributed by atoms with Gasteiger partial charge in [-0.05, 0) is 5.92 Å². The summed E-state index contributed by atoms with van der Waals surface area (Å²) in [6.07, 6.45) is -1.93. The number of hydrogen-bond donors (Lipinski definition) is 2. The Bertz CT molecular complexity index is 653. The highest BCUT2D eigenvalue weighted by Gasteiger charge is 2.34. The molecule has 0 amide bonds. The lowest BCUT2D eigenvalue weighted by Gasteiger charge is -2.11. The van der Waals surface area contributed by atoms with Crippen LogP contribution in [0.15, 0.2) is 18.5 Å². The lowest BCUT2D eigenvalue weighted by Crippen LogP contribution is -2.16. The average molecular weight is 302 g/mol. The van der Waals surface area contributed by atoms with Gasteiger partial charge in [0.05, 0.1) is 0 Å². The molecule has 2 heterocycles. The highest BCUT2D eigenvalue weighted by Crippen LogP contribution is 2.30. The average Bonchev–Trinajstić information content (AvgIpc) is 2.79. The Morgan fingerprint density at radius 2 is 2.24 bits per heavy atom. The fourth-order valence-electron chi connectivity index (χ4n) is 1.84. The Morgan fingerprint density at radius 3 is 2.86 bits per heavy atom. The van der Waals surface area contributed by atoms with E-state index >= 15 is 0 Å². The molecule has 0 bridgehead atoms. The van der Waals surface area contributed by atoms with Gasteiger partial charge < -0.3 is 10.4 Å². The molecule has 0 saturated carbocycles. The van der Waals surface area contributed by atoms with Gasteiger partial charge in [0.1, 0.15) is 5.52 Å². The summed E-state index contributed by atoms with van der Waals surface area (Å²) in [5.74, 6) is -0.883. The number of nitrogens with zero attached hydrogens (tertiary/aromatic N) is 3. The number of aromatic nitrogens is 3. The maximum Gasteiger partial charge on any atom is 0.435 e. The number of alkyl halides is 3. The van der Waals surface area contributed by atoms with Crippen LogP contribution in [0.1, 0.15) is 19.0 Å². The second-order valence-electron chi connectivity index (χ2n) is 4.72. The van der Waals surface area contributed by atoms with Gasteiger partial charge in [-0.3, -0.25) is 4.79 Å². The molecular weight excluding hydrogens is 289 g/mol. The summed E-state index contributed by atoms with van der Waals surface area (Å²) in [6, 6.07) is 0.900. The first-order chi connectivity index (χ1) is 9.77. The van der Waals surface area contributed by atoms with Gasteiger partial charge in [-0.15, -0.1) is 0 Å². The van der Waals surface area contributed by atoms with E-state index in [0.29, 0.717) is 0 Å². The van der Waals surface area contributed by atoms with E-state index in [0.717, 1.165) is 10.6 Å². The van der Waals surface area contributed by atoms with Crippen molar-refractivity contribution >= 4 is 17.3 Å². The van der Waals surface area contributed by atoms with Gasteiger partial charge >= 0.3 is 12.1 Å². The Morgan fingerprint density at radius 1 is 1.52 bits per heavy atom. The zero-order valence-electron chi connectivity index (χ0n) is 11.1. The standard InChI is InChI=1S/C12H13F3N4O2/c1-7(4-10(20)21)6-17-11-8-5-9(12(13,14)15)18-19(8)3-2-16-11/h2-3,5,7H,4,6H2,1H3,(H,16,17)(H,20,21). The number of rotatable bonds is 5. The van der Waals surface area contributed by atoms with E-state index in [4.69, 9.17) is 5.11 Å². The van der Waals surface area contributed by atoms with Crippen LogP contribution < -0.4 is 5.32 Å². The molecule has 0 aliphatic rings. The number of aliphatic carboxylic acids is 1. The molecule has 0 aliphatic heterocycles. The van der Waals surface area contributed by atoms with Gasteiger partial charge in [-0.1, -0.05) is 6.92 Å². The van der Waals surface area contributed by atoms with Gasteiger partial charge in [0, 0.05) is 31.4 Å². The van der Waals surface area contributed by atoms with Crippen LogP contribution in [0, 0.1) is 5.92 Å². The fraction of sp³-hybridized carbons (Fsp3) is 0.417. The molecule has 0 aliphatic carbocycles. The minimum atomic E-state index is -4.53. The Hall–Kier alpha value is -2.32. The summed E-state index contributed by atoms with van der Waals surface area (Å²) in [5.41, 5.74) is -0.815. The normalized spacial score (nSPS) is 13.3. The molecule has 0 radical (unpaired) electrons. The quantitative estimate of drug-likeness (QED) is 0.885. The molecule has 2 N–H and O–H groups in total. The van der Waals surface area contributed by atoms with Crippen molar-refractivity contribution in [1.82, 2.24) is 14.6 Å². The lowest BCUT2D eigenvalue weighted by molar-refractivity contribution is -0.141. The number of halogens is 3. The Labute approximate surface area is 117 Å².